The molecule has 1 spiro atoms. The molecule has 0 radical (unpaired) electrons. The van der Waals surface area contributed by atoms with Crippen LogP contribution in [-0.2, 0) is 4.79 Å². The topological polar surface area (TPSA) is 29.1 Å². The molecule has 3 heteroatoms. The quantitative estimate of drug-likeness (QED) is 0.759. The van der Waals surface area contributed by atoms with Crippen molar-refractivity contribution >= 4 is 23.4 Å². The Kier molecular flexibility index (Phi) is 2.66. The molecule has 2 nitrogen and oxygen atoms in total. The molecule has 0 unspecified atom stereocenters. The highest BCUT2D eigenvalue weighted by Crippen LogP contribution is 2.46. The number of nitrogens with one attached hydrogen (secondary N) is 1. The number of rotatable bonds is 0. The summed E-state index contributed by atoms with van der Waals surface area (Å²) in [4.78, 5) is 13.6. The number of amides is 1. The Morgan fingerprint density at radius 3 is 2.82 bits per heavy atom. The molecule has 0 saturated heterocycles. The van der Waals surface area contributed by atoms with Crippen LogP contribution in [0.15, 0.2) is 23.1 Å². The maximum Gasteiger partial charge on any atom is 0.231 e. The molecule has 1 aromatic rings. The number of hydrogen-bond acceptors (Lipinski definition) is 2. The van der Waals surface area contributed by atoms with Crippen LogP contribution in [0.25, 0.3) is 0 Å². The molecule has 0 bridgehead atoms. The van der Waals surface area contributed by atoms with Crippen molar-refractivity contribution in [2.45, 2.75) is 37.5 Å². The van der Waals surface area contributed by atoms with Crippen molar-refractivity contribution in [3.63, 3.8) is 0 Å². The van der Waals surface area contributed by atoms with Gasteiger partial charge in [0, 0.05) is 10.6 Å². The first-order chi connectivity index (χ1) is 8.20. The highest BCUT2D eigenvalue weighted by Gasteiger charge is 2.42. The van der Waals surface area contributed by atoms with E-state index in [4.69, 9.17) is 0 Å². The predicted molar refractivity (Wildman–Crippen MR) is 71.4 cm³/mol. The average Bonchev–Trinajstić information content (AvgIpc) is 2.73. The molecule has 90 valence electrons. The van der Waals surface area contributed by atoms with Crippen molar-refractivity contribution < 1.29 is 4.79 Å². The Balaban J connectivity index is 1.96. The molecule has 0 atom stereocenters. The monoisotopic (exact) mass is 247 g/mol. The van der Waals surface area contributed by atoms with Gasteiger partial charge >= 0.3 is 0 Å². The summed E-state index contributed by atoms with van der Waals surface area (Å²) in [6.07, 6.45) is 4.50. The first-order valence-corrected chi connectivity index (χ1v) is 7.23. The highest BCUT2D eigenvalue weighted by molar-refractivity contribution is 7.99. The third-order valence-electron chi connectivity index (χ3n) is 3.93. The van der Waals surface area contributed by atoms with Crippen molar-refractivity contribution in [3.8, 4) is 0 Å². The zero-order valence-electron chi connectivity index (χ0n) is 10.1. The van der Waals surface area contributed by atoms with Gasteiger partial charge in [0.15, 0.2) is 0 Å². The summed E-state index contributed by atoms with van der Waals surface area (Å²) in [5.41, 5.74) is 2.10. The van der Waals surface area contributed by atoms with Crippen molar-refractivity contribution in [3.05, 3.63) is 23.8 Å². The predicted octanol–water partition coefficient (Wildman–Crippen LogP) is 3.60. The van der Waals surface area contributed by atoms with Crippen LogP contribution in [0, 0.1) is 12.3 Å². The van der Waals surface area contributed by atoms with Crippen LogP contribution in [-0.4, -0.2) is 11.7 Å². The third kappa shape index (κ3) is 1.86. The number of aryl methyl sites for hydroxylation is 1. The molecular weight excluding hydrogens is 230 g/mol. The Morgan fingerprint density at radius 2 is 2.06 bits per heavy atom. The largest absolute Gasteiger partial charge is 0.325 e. The summed E-state index contributed by atoms with van der Waals surface area (Å²) in [6, 6.07) is 6.32. The van der Waals surface area contributed by atoms with E-state index < -0.39 is 0 Å². The van der Waals surface area contributed by atoms with Crippen molar-refractivity contribution in [1.29, 1.82) is 0 Å². The van der Waals surface area contributed by atoms with Crippen molar-refractivity contribution in [1.82, 2.24) is 0 Å². The minimum atomic E-state index is -0.0996. The zero-order chi connectivity index (χ0) is 11.9. The van der Waals surface area contributed by atoms with E-state index >= 15 is 0 Å². The molecular formula is C14H17NOS. The second-order valence-electron chi connectivity index (χ2n) is 5.23. The van der Waals surface area contributed by atoms with Gasteiger partial charge in [-0.25, -0.2) is 0 Å². The number of carbonyl (C=O) groups is 1. The fourth-order valence-corrected chi connectivity index (χ4v) is 4.11. The fraction of sp³-hybridized carbons (Fsp3) is 0.500. The first kappa shape index (κ1) is 11.1. The van der Waals surface area contributed by atoms with Gasteiger partial charge in [0.1, 0.15) is 0 Å². The van der Waals surface area contributed by atoms with Gasteiger partial charge in [-0.1, -0.05) is 18.9 Å². The Bertz CT molecular complexity index is 463. The second kappa shape index (κ2) is 4.05. The second-order valence-corrected chi connectivity index (χ2v) is 6.25. The summed E-state index contributed by atoms with van der Waals surface area (Å²) >= 11 is 1.83. The van der Waals surface area contributed by atoms with Crippen molar-refractivity contribution in [2.24, 2.45) is 5.41 Å². The molecule has 1 aromatic carbocycles. The van der Waals surface area contributed by atoms with Gasteiger partial charge in [-0.15, -0.1) is 11.8 Å². The van der Waals surface area contributed by atoms with Crippen LogP contribution in [0.3, 0.4) is 0 Å². The number of hydrogen-bond donors (Lipinski definition) is 1. The van der Waals surface area contributed by atoms with E-state index in [1.165, 1.54) is 23.3 Å². The van der Waals surface area contributed by atoms with Gasteiger partial charge in [-0.2, -0.15) is 0 Å². The van der Waals surface area contributed by atoms with E-state index in [0.29, 0.717) is 0 Å². The van der Waals surface area contributed by atoms with Gasteiger partial charge in [0.05, 0.1) is 11.1 Å². The molecule has 3 rings (SSSR count). The van der Waals surface area contributed by atoms with Crippen LogP contribution in [0.2, 0.25) is 0 Å². The average molecular weight is 247 g/mol. The van der Waals surface area contributed by atoms with Crippen LogP contribution < -0.4 is 5.32 Å². The molecule has 1 aliphatic heterocycles. The molecule has 2 aliphatic rings. The lowest BCUT2D eigenvalue weighted by Crippen LogP contribution is -2.34. The summed E-state index contributed by atoms with van der Waals surface area (Å²) in [6.45, 7) is 2.06. The van der Waals surface area contributed by atoms with Crippen molar-refractivity contribution in [2.75, 3.05) is 11.1 Å². The summed E-state index contributed by atoms with van der Waals surface area (Å²) in [7, 11) is 0. The third-order valence-corrected chi connectivity index (χ3v) is 5.29. The Labute approximate surface area is 106 Å². The smallest absolute Gasteiger partial charge is 0.231 e. The number of carbonyl (C=O) groups excluding carboxylic acids is 1. The summed E-state index contributed by atoms with van der Waals surface area (Å²) in [5, 5.41) is 3.14. The lowest BCUT2D eigenvalue weighted by Gasteiger charge is -2.24. The fourth-order valence-electron chi connectivity index (χ4n) is 2.83. The van der Waals surface area contributed by atoms with E-state index in [9.17, 15) is 4.79 Å². The maximum absolute atomic E-state index is 12.4. The molecule has 0 aromatic heterocycles. The number of anilines is 1. The van der Waals surface area contributed by atoms with E-state index in [2.05, 4.69) is 30.4 Å². The van der Waals surface area contributed by atoms with Gasteiger partial charge < -0.3 is 5.32 Å². The Morgan fingerprint density at radius 1 is 1.29 bits per heavy atom. The lowest BCUT2D eigenvalue weighted by molar-refractivity contribution is -0.124. The van der Waals surface area contributed by atoms with Gasteiger partial charge in [0.25, 0.3) is 0 Å². The number of benzene rings is 1. The van der Waals surface area contributed by atoms with E-state index in [-0.39, 0.29) is 11.3 Å². The number of thioether (sulfide) groups is 1. The van der Waals surface area contributed by atoms with E-state index in [1.54, 1.807) is 0 Å². The molecule has 1 fully saturated rings. The molecule has 1 heterocycles. The number of fused-ring (bicyclic) bond motifs is 1. The SMILES string of the molecule is Cc1ccc2c(c1)NC(=O)C1(CCCC1)CS2. The van der Waals surface area contributed by atoms with Crippen LogP contribution in [0.1, 0.15) is 31.2 Å². The van der Waals surface area contributed by atoms with Gasteiger partial charge in [0.2, 0.25) is 5.91 Å². The standard InChI is InChI=1S/C14H17NOS/c1-10-4-5-12-11(8-10)15-13(16)14(9-17-12)6-2-3-7-14/h4-5,8H,2-3,6-7,9H2,1H3,(H,15,16). The molecule has 17 heavy (non-hydrogen) atoms. The maximum atomic E-state index is 12.4. The van der Waals surface area contributed by atoms with Crippen LogP contribution in [0.5, 0.6) is 0 Å². The van der Waals surface area contributed by atoms with Gasteiger partial charge in [-0.05, 0) is 37.5 Å². The first-order valence-electron chi connectivity index (χ1n) is 6.25. The summed E-state index contributed by atoms with van der Waals surface area (Å²) < 4.78 is 0. The Hall–Kier alpha value is -0.960. The van der Waals surface area contributed by atoms with Crippen LogP contribution >= 0.6 is 11.8 Å². The summed E-state index contributed by atoms with van der Waals surface area (Å²) in [5.74, 6) is 1.18. The van der Waals surface area contributed by atoms with Gasteiger partial charge in [-0.3, -0.25) is 4.79 Å². The molecule has 1 amide bonds. The zero-order valence-corrected chi connectivity index (χ0v) is 10.9. The minimum Gasteiger partial charge on any atom is -0.325 e. The van der Waals surface area contributed by atoms with Crippen LogP contribution in [0.4, 0.5) is 5.69 Å². The van der Waals surface area contributed by atoms with E-state index in [0.717, 1.165) is 24.3 Å². The normalized spacial score (nSPS) is 22.1. The van der Waals surface area contributed by atoms with E-state index in [1.807, 2.05) is 11.8 Å². The lowest BCUT2D eigenvalue weighted by atomic mass is 9.87. The molecule has 1 aliphatic carbocycles. The molecule has 1 N–H and O–H groups in total. The minimum absolute atomic E-state index is 0.0996. The highest BCUT2D eigenvalue weighted by atomic mass is 32.2. The molecule has 1 saturated carbocycles.